The van der Waals surface area contributed by atoms with Crippen LogP contribution in [0.3, 0.4) is 0 Å². The van der Waals surface area contributed by atoms with Crippen LogP contribution in [0.15, 0.2) is 36.4 Å². The fourth-order valence-corrected chi connectivity index (χ4v) is 2.67. The quantitative estimate of drug-likeness (QED) is 0.629. The lowest BCUT2D eigenvalue weighted by Gasteiger charge is -2.17. The number of rotatable bonds is 4. The molecule has 0 radical (unpaired) electrons. The maximum atomic E-state index is 13.0. The molecule has 8 heteroatoms. The van der Waals surface area contributed by atoms with E-state index in [9.17, 15) is 31.1 Å². The third-order valence-electron chi connectivity index (χ3n) is 4.09. The molecule has 0 unspecified atom stereocenters. The van der Waals surface area contributed by atoms with Crippen LogP contribution < -0.4 is 5.32 Å². The van der Waals surface area contributed by atoms with E-state index in [1.54, 1.807) is 18.2 Å². The lowest BCUT2D eigenvalue weighted by Crippen LogP contribution is -2.18. The molecule has 1 N–H and O–H groups in total. The molecule has 0 spiro atoms. The first kappa shape index (κ1) is 20.8. The number of anilines is 1. The molecule has 0 saturated heterocycles. The average Bonchev–Trinajstić information content (AvgIpc) is 2.59. The Morgan fingerprint density at radius 1 is 0.852 bits per heavy atom. The van der Waals surface area contributed by atoms with E-state index in [1.165, 1.54) is 0 Å². The van der Waals surface area contributed by atoms with Crippen LogP contribution in [0.4, 0.5) is 32.0 Å². The topological polar surface area (TPSA) is 29.1 Å². The van der Waals surface area contributed by atoms with Crippen molar-refractivity contribution >= 4 is 11.6 Å². The summed E-state index contributed by atoms with van der Waals surface area (Å²) in [6, 6.07) is 6.09. The van der Waals surface area contributed by atoms with Crippen molar-refractivity contribution in [2.75, 3.05) is 5.32 Å². The molecule has 146 valence electrons. The Hall–Kier alpha value is -2.51. The summed E-state index contributed by atoms with van der Waals surface area (Å²) < 4.78 is 77.8. The number of para-hydroxylation sites is 1. The number of benzene rings is 2. The highest BCUT2D eigenvalue weighted by Crippen LogP contribution is 2.36. The maximum absolute atomic E-state index is 13.0. The van der Waals surface area contributed by atoms with Gasteiger partial charge in [0.05, 0.1) is 11.1 Å². The third-order valence-corrected chi connectivity index (χ3v) is 4.09. The van der Waals surface area contributed by atoms with Crippen LogP contribution in [0.1, 0.15) is 46.5 Å². The molecule has 27 heavy (non-hydrogen) atoms. The van der Waals surface area contributed by atoms with Crippen molar-refractivity contribution < 1.29 is 31.1 Å². The first-order valence-electron chi connectivity index (χ1n) is 8.19. The van der Waals surface area contributed by atoms with Crippen molar-refractivity contribution in [3.8, 4) is 0 Å². The minimum Gasteiger partial charge on any atom is -0.321 e. The van der Waals surface area contributed by atoms with Gasteiger partial charge in [-0.1, -0.05) is 32.0 Å². The van der Waals surface area contributed by atoms with Crippen molar-refractivity contribution in [1.29, 1.82) is 0 Å². The number of hydrogen-bond acceptors (Lipinski definition) is 1. The maximum Gasteiger partial charge on any atom is 0.416 e. The van der Waals surface area contributed by atoms with E-state index in [-0.39, 0.29) is 6.07 Å². The fourth-order valence-electron chi connectivity index (χ4n) is 2.67. The number of aryl methyl sites for hydroxylation is 2. The number of nitrogens with one attached hydrogen (secondary N) is 1. The second-order valence-corrected chi connectivity index (χ2v) is 5.91. The third kappa shape index (κ3) is 4.81. The second kappa shape index (κ2) is 7.62. The number of hydrogen-bond donors (Lipinski definition) is 1. The van der Waals surface area contributed by atoms with E-state index in [1.807, 2.05) is 13.8 Å². The summed E-state index contributed by atoms with van der Waals surface area (Å²) in [6.07, 6.45) is -8.93. The average molecular weight is 389 g/mol. The first-order valence-corrected chi connectivity index (χ1v) is 8.19. The van der Waals surface area contributed by atoms with Gasteiger partial charge in [0.2, 0.25) is 0 Å². The fraction of sp³-hybridized carbons (Fsp3) is 0.316. The summed E-state index contributed by atoms with van der Waals surface area (Å²) in [6.45, 7) is 3.66. The number of carbonyl (C=O) groups excluding carboxylic acids is 1. The highest BCUT2D eigenvalue weighted by Gasteiger charge is 2.37. The smallest absolute Gasteiger partial charge is 0.321 e. The van der Waals surface area contributed by atoms with Crippen LogP contribution in [0.25, 0.3) is 0 Å². The van der Waals surface area contributed by atoms with Gasteiger partial charge in [0, 0.05) is 11.3 Å². The van der Waals surface area contributed by atoms with Crippen molar-refractivity contribution in [3.05, 3.63) is 64.2 Å². The van der Waals surface area contributed by atoms with Gasteiger partial charge in [-0.25, -0.2) is 0 Å². The number of carbonyl (C=O) groups is 1. The number of amides is 1. The normalized spacial score (nSPS) is 12.1. The molecule has 2 nitrogen and oxygen atoms in total. The largest absolute Gasteiger partial charge is 0.416 e. The lowest BCUT2D eigenvalue weighted by atomic mass is 10.0. The van der Waals surface area contributed by atoms with Gasteiger partial charge in [0.1, 0.15) is 0 Å². The van der Waals surface area contributed by atoms with Crippen LogP contribution >= 0.6 is 0 Å². The van der Waals surface area contributed by atoms with Crippen molar-refractivity contribution in [1.82, 2.24) is 0 Å². The minimum absolute atomic E-state index is 0.00571. The van der Waals surface area contributed by atoms with Crippen LogP contribution in [-0.2, 0) is 25.2 Å². The Bertz CT molecular complexity index is 785. The number of halogens is 6. The molecule has 0 fully saturated rings. The Balaban J connectivity index is 2.51. The summed E-state index contributed by atoms with van der Waals surface area (Å²) in [5, 5.41) is 2.48. The van der Waals surface area contributed by atoms with Crippen molar-refractivity contribution in [3.63, 3.8) is 0 Å². The number of alkyl halides is 6. The van der Waals surface area contributed by atoms with Crippen LogP contribution in [0.2, 0.25) is 0 Å². The molecule has 0 aliphatic carbocycles. The summed E-state index contributed by atoms with van der Waals surface area (Å²) >= 11 is 0. The first-order chi connectivity index (χ1) is 12.5. The zero-order valence-corrected chi connectivity index (χ0v) is 14.6. The molecule has 0 bridgehead atoms. The van der Waals surface area contributed by atoms with Crippen LogP contribution in [0, 0.1) is 0 Å². The predicted molar refractivity (Wildman–Crippen MR) is 89.6 cm³/mol. The van der Waals surface area contributed by atoms with Gasteiger partial charge in [-0.3, -0.25) is 4.79 Å². The van der Waals surface area contributed by atoms with Crippen LogP contribution in [-0.4, -0.2) is 5.91 Å². The molecule has 2 aromatic carbocycles. The van der Waals surface area contributed by atoms with E-state index >= 15 is 0 Å². The zero-order valence-electron chi connectivity index (χ0n) is 14.6. The molecule has 2 rings (SSSR count). The summed E-state index contributed by atoms with van der Waals surface area (Å²) in [7, 11) is 0. The molecule has 0 saturated carbocycles. The van der Waals surface area contributed by atoms with E-state index in [2.05, 4.69) is 5.32 Å². The molecule has 0 aromatic heterocycles. The van der Waals surface area contributed by atoms with Crippen molar-refractivity contribution in [2.24, 2.45) is 0 Å². The molecule has 2 aromatic rings. The molecule has 0 aliphatic heterocycles. The van der Waals surface area contributed by atoms with E-state index in [0.717, 1.165) is 11.1 Å². The summed E-state index contributed by atoms with van der Waals surface area (Å²) in [5.41, 5.74) is -1.86. The van der Waals surface area contributed by atoms with Crippen molar-refractivity contribution in [2.45, 2.75) is 39.0 Å². The highest BCUT2D eigenvalue weighted by atomic mass is 19.4. The van der Waals surface area contributed by atoms with Crippen LogP contribution in [0.5, 0.6) is 0 Å². The Kier molecular flexibility index (Phi) is 5.87. The molecule has 1 amide bonds. The SMILES string of the molecule is CCc1cccc(CC)c1NC(=O)c1cc(C(F)(F)F)cc(C(F)(F)F)c1. The van der Waals surface area contributed by atoms with Gasteiger partial charge in [0.15, 0.2) is 0 Å². The monoisotopic (exact) mass is 389 g/mol. The van der Waals surface area contributed by atoms with E-state index < -0.39 is 35.0 Å². The van der Waals surface area contributed by atoms with Gasteiger partial charge in [-0.15, -0.1) is 0 Å². The molecule has 0 atom stereocenters. The summed E-state index contributed by atoms with van der Waals surface area (Å²) in [4.78, 5) is 12.5. The standard InChI is InChI=1S/C19H17F6NO/c1-3-11-6-5-7-12(4-2)16(11)26-17(27)13-8-14(18(20,21)22)10-15(9-13)19(23,24)25/h5-10H,3-4H2,1-2H3,(H,26,27). The van der Waals surface area contributed by atoms with Gasteiger partial charge in [-0.2, -0.15) is 26.3 Å². The van der Waals surface area contributed by atoms with Gasteiger partial charge in [-0.05, 0) is 42.2 Å². The minimum atomic E-state index is -5.01. The Labute approximate surface area is 152 Å². The zero-order chi connectivity index (χ0) is 20.4. The molecular weight excluding hydrogens is 372 g/mol. The van der Waals surface area contributed by atoms with Gasteiger partial charge < -0.3 is 5.32 Å². The highest BCUT2D eigenvalue weighted by molar-refractivity contribution is 6.05. The van der Waals surface area contributed by atoms with Gasteiger partial charge in [0.25, 0.3) is 5.91 Å². The van der Waals surface area contributed by atoms with E-state index in [0.29, 0.717) is 30.7 Å². The predicted octanol–water partition coefficient (Wildman–Crippen LogP) is 6.10. The Morgan fingerprint density at radius 2 is 1.30 bits per heavy atom. The summed E-state index contributed by atoms with van der Waals surface area (Å²) in [5.74, 6) is -1.03. The second-order valence-electron chi connectivity index (χ2n) is 5.91. The van der Waals surface area contributed by atoms with E-state index in [4.69, 9.17) is 0 Å². The Morgan fingerprint density at radius 3 is 1.67 bits per heavy atom. The molecule has 0 aliphatic rings. The van der Waals surface area contributed by atoms with Gasteiger partial charge >= 0.3 is 12.4 Å². The molecular formula is C19H17F6NO. The molecule has 0 heterocycles. The lowest BCUT2D eigenvalue weighted by molar-refractivity contribution is -0.143.